The molecule has 1 aliphatic heterocycles. The van der Waals surface area contributed by atoms with Crippen LogP contribution in [-0.2, 0) is 15.0 Å². The maximum absolute atomic E-state index is 13.4. The van der Waals surface area contributed by atoms with Crippen LogP contribution in [0.3, 0.4) is 0 Å². The third kappa shape index (κ3) is 4.56. The number of Topliss-reactive ketones (excluding diaryl/α,β-unsaturated/α-hetero) is 1. The predicted molar refractivity (Wildman–Crippen MR) is 138 cm³/mol. The number of hydrogen-bond donors (Lipinski definition) is 1. The number of pyridine rings is 1. The fourth-order valence-corrected chi connectivity index (χ4v) is 4.41. The number of benzene rings is 2. The molecule has 0 spiro atoms. The minimum Gasteiger partial charge on any atom is -0.507 e. The van der Waals surface area contributed by atoms with Crippen molar-refractivity contribution < 1.29 is 24.2 Å². The molecule has 1 atom stereocenters. The number of ketones is 1. The highest BCUT2D eigenvalue weighted by atomic mass is 16.5. The summed E-state index contributed by atoms with van der Waals surface area (Å²) in [7, 11) is 1.53. The number of ether oxygens (including phenoxy) is 2. The lowest BCUT2D eigenvalue weighted by Gasteiger charge is -2.26. The van der Waals surface area contributed by atoms with Gasteiger partial charge in [0.15, 0.2) is 0 Å². The summed E-state index contributed by atoms with van der Waals surface area (Å²) in [5, 5.41) is 11.5. The maximum Gasteiger partial charge on any atom is 0.300 e. The molecule has 2 aromatic carbocycles. The van der Waals surface area contributed by atoms with Crippen LogP contribution in [0.4, 0.5) is 5.69 Å². The number of aromatic nitrogens is 1. The minimum absolute atomic E-state index is 0.000149. The third-order valence-electron chi connectivity index (χ3n) is 6.14. The van der Waals surface area contributed by atoms with Crippen molar-refractivity contribution in [1.82, 2.24) is 4.98 Å². The van der Waals surface area contributed by atoms with Gasteiger partial charge < -0.3 is 14.6 Å². The van der Waals surface area contributed by atoms with Crippen molar-refractivity contribution in [2.75, 3.05) is 18.6 Å². The SMILES string of the molecule is CCOc1ccc(/C(O)=C2/C(=O)C(=O)N(c3cccc(OC)c3)C2c2cccnc2)cc1C(C)(C)C. The normalized spacial score (nSPS) is 17.4. The van der Waals surface area contributed by atoms with Gasteiger partial charge in [0.2, 0.25) is 0 Å². The van der Waals surface area contributed by atoms with Crippen LogP contribution >= 0.6 is 0 Å². The molecule has 7 nitrogen and oxygen atoms in total. The molecule has 2 heterocycles. The highest BCUT2D eigenvalue weighted by molar-refractivity contribution is 6.51. The molecule has 186 valence electrons. The monoisotopic (exact) mass is 486 g/mol. The summed E-state index contributed by atoms with van der Waals surface area (Å²) in [5.41, 5.74) is 2.11. The van der Waals surface area contributed by atoms with E-state index in [9.17, 15) is 14.7 Å². The molecule has 0 saturated carbocycles. The first-order valence-electron chi connectivity index (χ1n) is 11.8. The highest BCUT2D eigenvalue weighted by Crippen LogP contribution is 2.43. The van der Waals surface area contributed by atoms with Gasteiger partial charge in [0.1, 0.15) is 17.3 Å². The second-order valence-corrected chi connectivity index (χ2v) is 9.55. The third-order valence-corrected chi connectivity index (χ3v) is 6.14. The van der Waals surface area contributed by atoms with Crippen molar-refractivity contribution in [3.63, 3.8) is 0 Å². The molecule has 0 bridgehead atoms. The zero-order chi connectivity index (χ0) is 26.0. The Labute approximate surface area is 211 Å². The molecule has 0 radical (unpaired) electrons. The zero-order valence-electron chi connectivity index (χ0n) is 21.1. The fraction of sp³-hybridized carbons (Fsp3) is 0.276. The van der Waals surface area contributed by atoms with Crippen LogP contribution in [0.1, 0.15) is 50.4 Å². The molecule has 4 rings (SSSR count). The van der Waals surface area contributed by atoms with Gasteiger partial charge in [0.25, 0.3) is 11.7 Å². The Balaban J connectivity index is 1.93. The van der Waals surface area contributed by atoms with E-state index in [0.717, 1.165) is 5.56 Å². The molecule has 0 aliphatic carbocycles. The molecule has 7 heteroatoms. The number of anilines is 1. The smallest absolute Gasteiger partial charge is 0.300 e. The highest BCUT2D eigenvalue weighted by Gasteiger charge is 2.47. The summed E-state index contributed by atoms with van der Waals surface area (Å²) in [4.78, 5) is 32.3. The molecule has 1 amide bonds. The Morgan fingerprint density at radius 2 is 1.86 bits per heavy atom. The topological polar surface area (TPSA) is 89.0 Å². The molecule has 1 aromatic heterocycles. The van der Waals surface area contributed by atoms with Gasteiger partial charge in [-0.25, -0.2) is 0 Å². The summed E-state index contributed by atoms with van der Waals surface area (Å²) < 4.78 is 11.1. The Morgan fingerprint density at radius 3 is 2.50 bits per heavy atom. The molecule has 1 saturated heterocycles. The molecule has 1 aliphatic rings. The number of carbonyl (C=O) groups excluding carboxylic acids is 2. The molecular weight excluding hydrogens is 456 g/mol. The Bertz CT molecular complexity index is 1320. The van der Waals surface area contributed by atoms with Crippen molar-refractivity contribution in [3.05, 3.63) is 89.3 Å². The Morgan fingerprint density at radius 1 is 1.08 bits per heavy atom. The molecule has 1 unspecified atom stereocenters. The van der Waals surface area contributed by atoms with Crippen LogP contribution in [0.2, 0.25) is 0 Å². The summed E-state index contributed by atoms with van der Waals surface area (Å²) in [5.74, 6) is -0.500. The van der Waals surface area contributed by atoms with E-state index in [1.165, 1.54) is 12.0 Å². The van der Waals surface area contributed by atoms with Gasteiger partial charge in [-0.2, -0.15) is 0 Å². The molecule has 3 aromatic rings. The number of aliphatic hydroxyl groups is 1. The Hall–Kier alpha value is -4.13. The number of rotatable bonds is 6. The summed E-state index contributed by atoms with van der Waals surface area (Å²) in [6.45, 7) is 8.56. The van der Waals surface area contributed by atoms with Gasteiger partial charge in [-0.15, -0.1) is 0 Å². The first-order chi connectivity index (χ1) is 17.2. The van der Waals surface area contributed by atoms with E-state index < -0.39 is 17.7 Å². The lowest BCUT2D eigenvalue weighted by atomic mass is 9.84. The number of hydrogen-bond acceptors (Lipinski definition) is 6. The average Bonchev–Trinajstić information content (AvgIpc) is 3.14. The van der Waals surface area contributed by atoms with Crippen molar-refractivity contribution in [1.29, 1.82) is 0 Å². The number of aliphatic hydroxyl groups excluding tert-OH is 1. The van der Waals surface area contributed by atoms with Crippen LogP contribution in [0, 0.1) is 0 Å². The second kappa shape index (κ2) is 9.85. The lowest BCUT2D eigenvalue weighted by Crippen LogP contribution is -2.29. The van der Waals surface area contributed by atoms with E-state index in [0.29, 0.717) is 34.9 Å². The zero-order valence-corrected chi connectivity index (χ0v) is 21.1. The van der Waals surface area contributed by atoms with E-state index >= 15 is 0 Å². The van der Waals surface area contributed by atoms with Crippen molar-refractivity contribution in [3.8, 4) is 11.5 Å². The van der Waals surface area contributed by atoms with Crippen LogP contribution < -0.4 is 14.4 Å². The van der Waals surface area contributed by atoms with Crippen LogP contribution in [0.5, 0.6) is 11.5 Å². The summed E-state index contributed by atoms with van der Waals surface area (Å²) in [6.07, 6.45) is 3.21. The van der Waals surface area contributed by atoms with Crippen LogP contribution in [0.25, 0.3) is 5.76 Å². The van der Waals surface area contributed by atoms with Gasteiger partial charge in [0, 0.05) is 35.3 Å². The second-order valence-electron chi connectivity index (χ2n) is 9.55. The largest absolute Gasteiger partial charge is 0.507 e. The van der Waals surface area contributed by atoms with E-state index in [-0.39, 0.29) is 16.7 Å². The summed E-state index contributed by atoms with van der Waals surface area (Å²) >= 11 is 0. The van der Waals surface area contributed by atoms with Crippen molar-refractivity contribution in [2.45, 2.75) is 39.2 Å². The van der Waals surface area contributed by atoms with Crippen LogP contribution in [-0.4, -0.2) is 35.5 Å². The minimum atomic E-state index is -0.865. The van der Waals surface area contributed by atoms with Gasteiger partial charge >= 0.3 is 0 Å². The van der Waals surface area contributed by atoms with E-state index in [1.54, 1.807) is 60.9 Å². The molecular formula is C29H30N2O5. The standard InChI is InChI=1S/C29H30N2O5/c1-6-36-23-13-12-18(15-22(23)29(2,3)4)26(32)24-25(19-9-8-14-30-17-19)31(28(34)27(24)33)20-10-7-11-21(16-20)35-5/h7-17,25,32H,6H2,1-5H3/b26-24-. The predicted octanol–water partition coefficient (Wildman–Crippen LogP) is 5.41. The van der Waals surface area contributed by atoms with E-state index in [4.69, 9.17) is 9.47 Å². The fourth-order valence-electron chi connectivity index (χ4n) is 4.41. The van der Waals surface area contributed by atoms with E-state index in [2.05, 4.69) is 4.98 Å². The van der Waals surface area contributed by atoms with Gasteiger partial charge in [-0.1, -0.05) is 32.9 Å². The maximum atomic E-state index is 13.4. The molecule has 36 heavy (non-hydrogen) atoms. The van der Waals surface area contributed by atoms with Crippen molar-refractivity contribution >= 4 is 23.1 Å². The average molecular weight is 487 g/mol. The lowest BCUT2D eigenvalue weighted by molar-refractivity contribution is -0.132. The molecule has 1 N–H and O–H groups in total. The Kier molecular flexibility index (Phi) is 6.84. The van der Waals surface area contributed by atoms with Gasteiger partial charge in [0.05, 0.1) is 25.3 Å². The summed E-state index contributed by atoms with van der Waals surface area (Å²) in [6, 6.07) is 14.9. The first kappa shape index (κ1) is 25.0. The number of methoxy groups -OCH3 is 1. The number of nitrogens with zero attached hydrogens (tertiary/aromatic N) is 2. The van der Waals surface area contributed by atoms with E-state index in [1.807, 2.05) is 33.8 Å². The van der Waals surface area contributed by atoms with Gasteiger partial charge in [-0.05, 0) is 54.3 Å². The number of carbonyl (C=O) groups is 2. The molecule has 1 fully saturated rings. The first-order valence-corrected chi connectivity index (χ1v) is 11.8. The quantitative estimate of drug-likeness (QED) is 0.285. The van der Waals surface area contributed by atoms with Crippen molar-refractivity contribution in [2.24, 2.45) is 0 Å². The van der Waals surface area contributed by atoms with Gasteiger partial charge in [-0.3, -0.25) is 19.5 Å². The van der Waals surface area contributed by atoms with Crippen LogP contribution in [0.15, 0.2) is 72.6 Å². The number of amides is 1.